The fourth-order valence-corrected chi connectivity index (χ4v) is 1.68. The minimum atomic E-state index is -0.506. The van der Waals surface area contributed by atoms with Gasteiger partial charge in [0.2, 0.25) is 0 Å². The molecule has 0 spiro atoms. The van der Waals surface area contributed by atoms with Crippen molar-refractivity contribution < 1.29 is 0 Å². The standard InChI is InChI=1S/C11H10N8O/c1-6-3-2-4-7(5-6)14-15-8-9(12)13-11-16-17-18-19(11)10(8)20/h2-5H,12H2,1H3,(H,13,16,18). The molecule has 100 valence electrons. The molecule has 3 N–H and O–H groups in total. The van der Waals surface area contributed by atoms with Gasteiger partial charge in [-0.1, -0.05) is 17.2 Å². The first kappa shape index (κ1) is 12.0. The molecule has 9 heteroatoms. The Balaban J connectivity index is 2.08. The predicted molar refractivity (Wildman–Crippen MR) is 71.2 cm³/mol. The summed E-state index contributed by atoms with van der Waals surface area (Å²) in [5, 5.41) is 17.3. The summed E-state index contributed by atoms with van der Waals surface area (Å²) in [7, 11) is 0. The number of hydrogen-bond acceptors (Lipinski definition) is 7. The largest absolute Gasteiger partial charge is 0.382 e. The third-order valence-corrected chi connectivity index (χ3v) is 2.62. The second-order valence-electron chi connectivity index (χ2n) is 4.13. The molecule has 2 aromatic heterocycles. The highest BCUT2D eigenvalue weighted by Crippen LogP contribution is 2.19. The number of aromatic nitrogens is 5. The smallest absolute Gasteiger partial charge is 0.305 e. The Morgan fingerprint density at radius 3 is 3.00 bits per heavy atom. The minimum Gasteiger partial charge on any atom is -0.382 e. The molecule has 0 aliphatic carbocycles. The molecular formula is C11H10N8O. The number of aromatic amines is 1. The number of hydrogen-bond donors (Lipinski definition) is 2. The molecule has 3 rings (SSSR count). The SMILES string of the molecule is Cc1cccc(N=Nc2c(N)nc3nn[nH]n3c2=O)c1. The molecule has 0 fully saturated rings. The van der Waals surface area contributed by atoms with Crippen LogP contribution >= 0.6 is 0 Å². The second-order valence-corrected chi connectivity index (χ2v) is 4.13. The van der Waals surface area contributed by atoms with E-state index < -0.39 is 5.56 Å². The molecule has 0 saturated carbocycles. The van der Waals surface area contributed by atoms with Crippen LogP contribution < -0.4 is 11.3 Å². The van der Waals surface area contributed by atoms with Crippen LogP contribution in [-0.4, -0.2) is 25.0 Å². The average Bonchev–Trinajstić information content (AvgIpc) is 2.87. The molecule has 3 aromatic rings. The Morgan fingerprint density at radius 1 is 1.35 bits per heavy atom. The van der Waals surface area contributed by atoms with Crippen LogP contribution in [-0.2, 0) is 0 Å². The van der Waals surface area contributed by atoms with Crippen LogP contribution in [0.25, 0.3) is 5.78 Å². The van der Waals surface area contributed by atoms with Gasteiger partial charge in [-0.2, -0.15) is 19.8 Å². The first-order valence-electron chi connectivity index (χ1n) is 5.73. The number of tetrazole rings is 1. The lowest BCUT2D eigenvalue weighted by Gasteiger charge is -1.98. The fraction of sp³-hybridized carbons (Fsp3) is 0.0909. The van der Waals surface area contributed by atoms with Gasteiger partial charge >= 0.3 is 5.56 Å². The van der Waals surface area contributed by atoms with Crippen molar-refractivity contribution in [3.05, 3.63) is 40.2 Å². The molecular weight excluding hydrogens is 260 g/mol. The second kappa shape index (κ2) is 4.53. The van der Waals surface area contributed by atoms with Crippen LogP contribution in [0.1, 0.15) is 5.56 Å². The summed E-state index contributed by atoms with van der Waals surface area (Å²) in [4.78, 5) is 16.0. The number of H-pyrrole nitrogens is 1. The molecule has 0 bridgehead atoms. The lowest BCUT2D eigenvalue weighted by molar-refractivity contribution is 0.800. The molecule has 0 unspecified atom stereocenters. The van der Waals surface area contributed by atoms with Crippen LogP contribution in [0.4, 0.5) is 17.2 Å². The number of fused-ring (bicyclic) bond motifs is 1. The molecule has 0 aliphatic heterocycles. The van der Waals surface area contributed by atoms with Crippen molar-refractivity contribution in [3.8, 4) is 0 Å². The van der Waals surface area contributed by atoms with Gasteiger partial charge in [-0.05, 0) is 29.8 Å². The number of azo groups is 1. The van der Waals surface area contributed by atoms with E-state index in [1.807, 2.05) is 25.1 Å². The van der Waals surface area contributed by atoms with Crippen LogP contribution in [0, 0.1) is 6.92 Å². The van der Waals surface area contributed by atoms with E-state index in [-0.39, 0.29) is 17.3 Å². The predicted octanol–water partition coefficient (Wildman–Crippen LogP) is 1.12. The van der Waals surface area contributed by atoms with E-state index in [0.29, 0.717) is 5.69 Å². The zero-order chi connectivity index (χ0) is 14.1. The van der Waals surface area contributed by atoms with Gasteiger partial charge in [-0.15, -0.1) is 5.11 Å². The lowest BCUT2D eigenvalue weighted by atomic mass is 10.2. The van der Waals surface area contributed by atoms with E-state index in [1.165, 1.54) is 0 Å². The van der Waals surface area contributed by atoms with Gasteiger partial charge in [0.05, 0.1) is 5.69 Å². The van der Waals surface area contributed by atoms with E-state index in [2.05, 4.69) is 30.7 Å². The number of anilines is 1. The van der Waals surface area contributed by atoms with E-state index in [0.717, 1.165) is 10.1 Å². The maximum atomic E-state index is 12.1. The highest BCUT2D eigenvalue weighted by Gasteiger charge is 2.11. The molecule has 0 atom stereocenters. The fourth-order valence-electron chi connectivity index (χ4n) is 1.68. The normalized spacial score (nSPS) is 11.4. The molecule has 2 heterocycles. The molecule has 0 aliphatic rings. The lowest BCUT2D eigenvalue weighted by Crippen LogP contribution is -2.16. The topological polar surface area (TPSA) is 127 Å². The van der Waals surface area contributed by atoms with Crippen molar-refractivity contribution in [3.63, 3.8) is 0 Å². The van der Waals surface area contributed by atoms with Gasteiger partial charge in [-0.3, -0.25) is 4.79 Å². The molecule has 0 radical (unpaired) electrons. The van der Waals surface area contributed by atoms with E-state index >= 15 is 0 Å². The summed E-state index contributed by atoms with van der Waals surface area (Å²) in [6, 6.07) is 7.39. The zero-order valence-corrected chi connectivity index (χ0v) is 10.5. The minimum absolute atomic E-state index is 0.0414. The van der Waals surface area contributed by atoms with Crippen molar-refractivity contribution in [1.82, 2.24) is 25.0 Å². The van der Waals surface area contributed by atoms with Gasteiger partial charge in [0.25, 0.3) is 5.78 Å². The van der Waals surface area contributed by atoms with Crippen LogP contribution in [0.2, 0.25) is 0 Å². The average molecular weight is 270 g/mol. The number of nitrogens with zero attached hydrogens (tertiary/aromatic N) is 6. The van der Waals surface area contributed by atoms with E-state index in [9.17, 15) is 4.79 Å². The molecule has 0 amide bonds. The summed E-state index contributed by atoms with van der Waals surface area (Å²) in [5.41, 5.74) is 6.78. The Morgan fingerprint density at radius 2 is 2.20 bits per heavy atom. The summed E-state index contributed by atoms with van der Waals surface area (Å²) >= 11 is 0. The van der Waals surface area contributed by atoms with Gasteiger partial charge in [0.1, 0.15) is 0 Å². The van der Waals surface area contributed by atoms with Gasteiger partial charge in [0.15, 0.2) is 11.5 Å². The van der Waals surface area contributed by atoms with Crippen molar-refractivity contribution in [2.24, 2.45) is 10.2 Å². The van der Waals surface area contributed by atoms with Crippen molar-refractivity contribution >= 4 is 23.0 Å². The quantitative estimate of drug-likeness (QED) is 0.674. The first-order chi connectivity index (χ1) is 9.65. The van der Waals surface area contributed by atoms with Crippen molar-refractivity contribution in [2.75, 3.05) is 5.73 Å². The number of rotatable bonds is 2. The van der Waals surface area contributed by atoms with Crippen molar-refractivity contribution in [2.45, 2.75) is 6.92 Å². The van der Waals surface area contributed by atoms with Gasteiger partial charge in [-0.25, -0.2) is 0 Å². The number of nitrogens with one attached hydrogen (secondary N) is 1. The van der Waals surface area contributed by atoms with Crippen molar-refractivity contribution in [1.29, 1.82) is 0 Å². The highest BCUT2D eigenvalue weighted by atomic mass is 16.1. The summed E-state index contributed by atoms with van der Waals surface area (Å²) in [6.07, 6.45) is 0. The Bertz CT molecular complexity index is 862. The van der Waals surface area contributed by atoms with E-state index in [4.69, 9.17) is 5.73 Å². The monoisotopic (exact) mass is 270 g/mol. The highest BCUT2D eigenvalue weighted by molar-refractivity contribution is 5.58. The number of nitrogens with two attached hydrogens (primary N) is 1. The van der Waals surface area contributed by atoms with Gasteiger partial charge in [0, 0.05) is 0 Å². The third-order valence-electron chi connectivity index (χ3n) is 2.62. The summed E-state index contributed by atoms with van der Waals surface area (Å²) in [5.74, 6) is 0.0438. The Hall–Kier alpha value is -3.10. The first-order valence-corrected chi connectivity index (χ1v) is 5.73. The molecule has 1 aromatic carbocycles. The maximum absolute atomic E-state index is 12.1. The number of aryl methyl sites for hydroxylation is 1. The summed E-state index contributed by atoms with van der Waals surface area (Å²) < 4.78 is 1.04. The Kier molecular flexibility index (Phi) is 2.71. The van der Waals surface area contributed by atoms with Crippen LogP contribution in [0.15, 0.2) is 39.3 Å². The maximum Gasteiger partial charge on any atom is 0.305 e. The summed E-state index contributed by atoms with van der Waals surface area (Å²) in [6.45, 7) is 1.94. The Labute approximate surface area is 112 Å². The third kappa shape index (κ3) is 2.00. The van der Waals surface area contributed by atoms with Crippen LogP contribution in [0.5, 0.6) is 0 Å². The zero-order valence-electron chi connectivity index (χ0n) is 10.5. The number of benzene rings is 1. The number of nitrogen functional groups attached to an aromatic ring is 1. The molecule has 20 heavy (non-hydrogen) atoms. The van der Waals surface area contributed by atoms with Gasteiger partial charge < -0.3 is 5.73 Å². The molecule has 9 nitrogen and oxygen atoms in total. The van der Waals surface area contributed by atoms with E-state index in [1.54, 1.807) is 6.07 Å². The molecule has 0 saturated heterocycles. The van der Waals surface area contributed by atoms with Crippen LogP contribution in [0.3, 0.4) is 0 Å².